The molecule has 8 heteroatoms. The van der Waals surface area contributed by atoms with Gasteiger partial charge in [-0.15, -0.1) is 5.10 Å². The van der Waals surface area contributed by atoms with Gasteiger partial charge in [0.25, 0.3) is 0 Å². The molecule has 8 unspecified atom stereocenters. The van der Waals surface area contributed by atoms with Gasteiger partial charge in [0.1, 0.15) is 17.6 Å². The van der Waals surface area contributed by atoms with Crippen molar-refractivity contribution in [1.29, 1.82) is 0 Å². The average Bonchev–Trinajstić information content (AvgIpc) is 3.42. The highest BCUT2D eigenvalue weighted by molar-refractivity contribution is 6.31. The number of aromatic nitrogens is 3. The molecule has 0 bridgehead atoms. The van der Waals surface area contributed by atoms with E-state index in [2.05, 4.69) is 17.1 Å². The Bertz CT molecular complexity index is 1220. The maximum absolute atomic E-state index is 14.4. The van der Waals surface area contributed by atoms with Crippen molar-refractivity contribution >= 4 is 28.4 Å². The minimum Gasteiger partial charge on any atom is -0.390 e. The van der Waals surface area contributed by atoms with Crippen LogP contribution in [0.3, 0.4) is 0 Å². The quantitative estimate of drug-likeness (QED) is 0.525. The van der Waals surface area contributed by atoms with Gasteiger partial charge in [0, 0.05) is 13.0 Å². The van der Waals surface area contributed by atoms with E-state index >= 15 is 0 Å². The Morgan fingerprint density at radius 1 is 1.14 bits per heavy atom. The van der Waals surface area contributed by atoms with Gasteiger partial charge >= 0.3 is 0 Å². The zero-order valence-electron chi connectivity index (χ0n) is 22.2. The first-order chi connectivity index (χ1) is 17.6. The molecule has 202 valence electrons. The Kier molecular flexibility index (Phi) is 6.24. The number of Topliss-reactive ketones (excluding diaryl/α,β-unsaturated/α-hetero) is 1. The standard InChI is InChI=1S/C29H39ClFN3O3/c1-27(36)12-13-29(16-37-3)17(14-27)4-5-18-19-6-7-21(28(19,2)11-10-20(18)29)24(35)15-34-32-23-9-8-22(30)25(31)26(23)33-34/h8-9,17-21,36H,4-7,10-16H2,1-3H3. The SMILES string of the molecule is COCC12CCC(C)(O)CC1CCC1C3CCC(C(=O)Cn4nc5ccc(Cl)c(F)c5n4)C3(C)CCC12. The number of carbonyl (C=O) groups is 1. The summed E-state index contributed by atoms with van der Waals surface area (Å²) in [4.78, 5) is 15.0. The van der Waals surface area contributed by atoms with Crippen LogP contribution >= 0.6 is 11.6 Å². The van der Waals surface area contributed by atoms with Crippen molar-refractivity contribution < 1.29 is 19.0 Å². The van der Waals surface area contributed by atoms with Crippen LogP contribution < -0.4 is 0 Å². The summed E-state index contributed by atoms with van der Waals surface area (Å²) in [6, 6.07) is 3.11. The van der Waals surface area contributed by atoms with Gasteiger partial charge in [-0.1, -0.05) is 18.5 Å². The molecule has 0 radical (unpaired) electrons. The minimum absolute atomic E-state index is 0.0105. The molecule has 1 aromatic carbocycles. The molecule has 4 aliphatic rings. The number of halogens is 2. The third-order valence-electron chi connectivity index (χ3n) is 11.2. The van der Waals surface area contributed by atoms with Crippen molar-refractivity contribution in [2.75, 3.05) is 13.7 Å². The molecular formula is C29H39ClFN3O3. The number of hydrogen-bond acceptors (Lipinski definition) is 5. The lowest BCUT2D eigenvalue weighted by Gasteiger charge is -2.62. The average molecular weight is 532 g/mol. The molecule has 2 aromatic rings. The first-order valence-electron chi connectivity index (χ1n) is 14.0. The van der Waals surface area contributed by atoms with Gasteiger partial charge in [-0.25, -0.2) is 4.39 Å². The number of ketones is 1. The highest BCUT2D eigenvalue weighted by Gasteiger charge is 2.63. The number of hydrogen-bond donors (Lipinski definition) is 1. The van der Waals surface area contributed by atoms with E-state index in [0.717, 1.165) is 58.0 Å². The van der Waals surface area contributed by atoms with Crippen molar-refractivity contribution in [1.82, 2.24) is 15.0 Å². The van der Waals surface area contributed by atoms with Crippen molar-refractivity contribution in [2.45, 2.75) is 83.8 Å². The third kappa shape index (κ3) is 3.98. The molecule has 6 nitrogen and oxygen atoms in total. The zero-order chi connectivity index (χ0) is 26.2. The Labute approximate surface area is 223 Å². The van der Waals surface area contributed by atoms with Crippen LogP contribution in [0.2, 0.25) is 5.02 Å². The lowest BCUT2D eigenvalue weighted by Crippen LogP contribution is -2.58. The maximum atomic E-state index is 14.4. The van der Waals surface area contributed by atoms with Gasteiger partial charge in [0.2, 0.25) is 0 Å². The van der Waals surface area contributed by atoms with E-state index in [1.807, 2.05) is 14.0 Å². The van der Waals surface area contributed by atoms with Crippen molar-refractivity contribution in [3.8, 4) is 0 Å². The predicted octanol–water partition coefficient (Wildman–Crippen LogP) is 5.83. The van der Waals surface area contributed by atoms with Gasteiger partial charge in [0.05, 0.1) is 17.2 Å². The summed E-state index contributed by atoms with van der Waals surface area (Å²) in [5, 5.41) is 19.5. The molecule has 4 aliphatic carbocycles. The lowest BCUT2D eigenvalue weighted by molar-refractivity contribution is -0.175. The normalized spacial score (nSPS) is 41.3. The van der Waals surface area contributed by atoms with E-state index < -0.39 is 11.4 Å². The van der Waals surface area contributed by atoms with Crippen LogP contribution in [0.25, 0.3) is 11.0 Å². The number of nitrogens with zero attached hydrogens (tertiary/aromatic N) is 3. The van der Waals surface area contributed by atoms with Crippen LogP contribution in [0.1, 0.15) is 71.6 Å². The van der Waals surface area contributed by atoms with Crippen LogP contribution in [0.15, 0.2) is 12.1 Å². The zero-order valence-corrected chi connectivity index (χ0v) is 22.9. The number of methoxy groups -OCH3 is 1. The Balaban J connectivity index is 1.22. The number of benzene rings is 1. The monoisotopic (exact) mass is 531 g/mol. The van der Waals surface area contributed by atoms with Crippen molar-refractivity contribution in [2.24, 2.45) is 40.4 Å². The molecule has 0 spiro atoms. The number of ether oxygens (including phenoxy) is 1. The number of aliphatic hydroxyl groups is 1. The lowest BCUT2D eigenvalue weighted by atomic mass is 9.43. The summed E-state index contributed by atoms with van der Waals surface area (Å²) in [6.07, 6.45) is 9.23. The van der Waals surface area contributed by atoms with Crippen LogP contribution in [-0.2, 0) is 16.1 Å². The third-order valence-corrected chi connectivity index (χ3v) is 11.5. The van der Waals surface area contributed by atoms with E-state index in [-0.39, 0.29) is 39.6 Å². The largest absolute Gasteiger partial charge is 0.390 e. The molecule has 0 saturated heterocycles. The van der Waals surface area contributed by atoms with E-state index in [4.69, 9.17) is 16.3 Å². The Hall–Kier alpha value is -1.57. The summed E-state index contributed by atoms with van der Waals surface area (Å²) in [7, 11) is 1.83. The first-order valence-corrected chi connectivity index (χ1v) is 14.4. The molecule has 37 heavy (non-hydrogen) atoms. The molecule has 1 heterocycles. The van der Waals surface area contributed by atoms with Crippen LogP contribution in [0, 0.1) is 46.2 Å². The number of carbonyl (C=O) groups excluding carboxylic acids is 1. The van der Waals surface area contributed by atoms with Crippen LogP contribution in [0.5, 0.6) is 0 Å². The van der Waals surface area contributed by atoms with Gasteiger partial charge in [0.15, 0.2) is 11.6 Å². The van der Waals surface area contributed by atoms with E-state index in [9.17, 15) is 14.3 Å². The minimum atomic E-state index is -0.589. The van der Waals surface area contributed by atoms with Gasteiger partial charge < -0.3 is 9.84 Å². The highest BCUT2D eigenvalue weighted by atomic mass is 35.5. The topological polar surface area (TPSA) is 77.2 Å². The fourth-order valence-electron chi connectivity index (χ4n) is 9.60. The molecule has 1 N–H and O–H groups in total. The molecule has 0 aliphatic heterocycles. The molecule has 8 atom stereocenters. The highest BCUT2D eigenvalue weighted by Crippen LogP contribution is 2.68. The van der Waals surface area contributed by atoms with Crippen molar-refractivity contribution in [3.05, 3.63) is 23.0 Å². The van der Waals surface area contributed by atoms with Gasteiger partial charge in [-0.3, -0.25) is 4.79 Å². The summed E-state index contributed by atoms with van der Waals surface area (Å²) in [6.45, 7) is 5.19. The van der Waals surface area contributed by atoms with Gasteiger partial charge in [-0.05, 0) is 111 Å². The van der Waals surface area contributed by atoms with Crippen molar-refractivity contribution in [3.63, 3.8) is 0 Å². The summed E-state index contributed by atoms with van der Waals surface area (Å²) in [5.41, 5.74) is 0.0805. The first kappa shape index (κ1) is 25.7. The predicted molar refractivity (Wildman–Crippen MR) is 140 cm³/mol. The Morgan fingerprint density at radius 2 is 1.95 bits per heavy atom. The van der Waals surface area contributed by atoms with E-state index in [1.165, 1.54) is 17.3 Å². The van der Waals surface area contributed by atoms with E-state index in [1.54, 1.807) is 6.07 Å². The molecule has 6 rings (SSSR count). The van der Waals surface area contributed by atoms with Crippen LogP contribution in [-0.4, -0.2) is 45.2 Å². The number of rotatable bonds is 5. The van der Waals surface area contributed by atoms with Crippen LogP contribution in [0.4, 0.5) is 4.39 Å². The summed E-state index contributed by atoms with van der Waals surface area (Å²) >= 11 is 5.90. The fraction of sp³-hybridized carbons (Fsp3) is 0.759. The molecule has 0 amide bonds. The molecular weight excluding hydrogens is 493 g/mol. The maximum Gasteiger partial charge on any atom is 0.171 e. The second-order valence-corrected chi connectivity index (χ2v) is 13.5. The summed E-state index contributed by atoms with van der Waals surface area (Å²) in [5.74, 6) is 1.78. The molecule has 1 aromatic heterocycles. The number of fused-ring (bicyclic) bond motifs is 6. The summed E-state index contributed by atoms with van der Waals surface area (Å²) < 4.78 is 20.3. The molecule has 4 fully saturated rings. The smallest absolute Gasteiger partial charge is 0.171 e. The van der Waals surface area contributed by atoms with E-state index in [0.29, 0.717) is 29.2 Å². The fourth-order valence-corrected chi connectivity index (χ4v) is 9.75. The second kappa shape index (κ2) is 8.99. The second-order valence-electron chi connectivity index (χ2n) is 13.1. The Morgan fingerprint density at radius 3 is 2.73 bits per heavy atom. The molecule has 4 saturated carbocycles. The van der Waals surface area contributed by atoms with Gasteiger partial charge in [-0.2, -0.15) is 9.90 Å².